The van der Waals surface area contributed by atoms with Crippen LogP contribution in [0.25, 0.3) is 22.5 Å². The van der Waals surface area contributed by atoms with Crippen molar-refractivity contribution in [2.75, 3.05) is 18.4 Å². The molecule has 1 aliphatic rings. The molecule has 180 valence electrons. The van der Waals surface area contributed by atoms with E-state index >= 15 is 0 Å². The molecule has 0 aromatic carbocycles. The third-order valence-corrected chi connectivity index (χ3v) is 6.38. The predicted molar refractivity (Wildman–Crippen MR) is 132 cm³/mol. The molecular weight excluding hydrogens is 444 g/mol. The smallest absolute Gasteiger partial charge is 0.254 e. The van der Waals surface area contributed by atoms with Crippen LogP contribution in [0.5, 0.6) is 0 Å². The van der Waals surface area contributed by atoms with Crippen molar-refractivity contribution in [2.45, 2.75) is 39.7 Å². The van der Waals surface area contributed by atoms with E-state index in [1.54, 1.807) is 30.8 Å². The van der Waals surface area contributed by atoms with Crippen molar-refractivity contribution in [3.05, 3.63) is 60.1 Å². The second-order valence-electron chi connectivity index (χ2n) is 9.23. The van der Waals surface area contributed by atoms with Crippen LogP contribution in [0.3, 0.4) is 0 Å². The standard InChI is InChI=1S/C26H28N6O3/c1-16(2)32-24-20(15-28-32)19(14-21(29-24)22-5-4-12-35-22)26(34)31-10-7-18(8-11-31)25(33)30-23-13-17(3)6-9-27-23/h4-6,9,12-16,18H,7-8,10-11H2,1-3H3,(H,27,30,33). The van der Waals surface area contributed by atoms with E-state index < -0.39 is 0 Å². The number of piperidine rings is 1. The molecule has 1 N–H and O–H groups in total. The SMILES string of the molecule is Cc1ccnc(NC(=O)C2CCN(C(=O)c3cc(-c4ccco4)nc4c3cnn4C(C)C)CC2)c1. The topological polar surface area (TPSA) is 106 Å². The molecule has 0 saturated carbocycles. The number of aryl methyl sites for hydroxylation is 1. The lowest BCUT2D eigenvalue weighted by Crippen LogP contribution is -2.41. The number of nitrogens with one attached hydrogen (secondary N) is 1. The Labute approximate surface area is 203 Å². The zero-order chi connectivity index (χ0) is 24.5. The van der Waals surface area contributed by atoms with E-state index in [2.05, 4.69) is 15.4 Å². The summed E-state index contributed by atoms with van der Waals surface area (Å²) in [5.74, 6) is 0.839. The molecule has 4 aromatic heterocycles. The highest BCUT2D eigenvalue weighted by molar-refractivity contribution is 6.06. The first-order valence-corrected chi connectivity index (χ1v) is 11.9. The number of anilines is 1. The Kier molecular flexibility index (Phi) is 6.07. The van der Waals surface area contributed by atoms with E-state index in [1.807, 2.05) is 48.6 Å². The van der Waals surface area contributed by atoms with Gasteiger partial charge in [0.1, 0.15) is 11.5 Å². The molecule has 1 fully saturated rings. The molecule has 0 aliphatic carbocycles. The normalized spacial score (nSPS) is 14.6. The Bertz CT molecular complexity index is 1370. The quantitative estimate of drug-likeness (QED) is 0.459. The molecule has 2 amide bonds. The highest BCUT2D eigenvalue weighted by Gasteiger charge is 2.30. The summed E-state index contributed by atoms with van der Waals surface area (Å²) in [6.45, 7) is 7.00. The van der Waals surface area contributed by atoms with Crippen molar-refractivity contribution in [1.29, 1.82) is 0 Å². The summed E-state index contributed by atoms with van der Waals surface area (Å²) in [4.78, 5) is 37.2. The summed E-state index contributed by atoms with van der Waals surface area (Å²) in [6, 6.07) is 9.22. The summed E-state index contributed by atoms with van der Waals surface area (Å²) in [5.41, 5.74) is 2.82. The molecule has 4 aromatic rings. The van der Waals surface area contributed by atoms with Gasteiger partial charge in [-0.15, -0.1) is 0 Å². The highest BCUT2D eigenvalue weighted by Crippen LogP contribution is 2.29. The first kappa shape index (κ1) is 22.8. The third-order valence-electron chi connectivity index (χ3n) is 6.38. The maximum Gasteiger partial charge on any atom is 0.254 e. The zero-order valence-electron chi connectivity index (χ0n) is 20.1. The van der Waals surface area contributed by atoms with Crippen LogP contribution in [0.4, 0.5) is 5.82 Å². The summed E-state index contributed by atoms with van der Waals surface area (Å²) < 4.78 is 7.37. The van der Waals surface area contributed by atoms with Crippen LogP contribution >= 0.6 is 0 Å². The Morgan fingerprint density at radius 2 is 1.97 bits per heavy atom. The Hall–Kier alpha value is -4.01. The van der Waals surface area contributed by atoms with Gasteiger partial charge in [-0.25, -0.2) is 14.6 Å². The van der Waals surface area contributed by atoms with Crippen molar-refractivity contribution in [2.24, 2.45) is 5.92 Å². The molecule has 0 atom stereocenters. The Morgan fingerprint density at radius 3 is 2.66 bits per heavy atom. The molecular formula is C26H28N6O3. The van der Waals surface area contributed by atoms with Crippen molar-refractivity contribution in [3.8, 4) is 11.5 Å². The van der Waals surface area contributed by atoms with Gasteiger partial charge in [0.15, 0.2) is 11.4 Å². The van der Waals surface area contributed by atoms with Gasteiger partial charge in [-0.2, -0.15) is 5.10 Å². The molecule has 0 radical (unpaired) electrons. The highest BCUT2D eigenvalue weighted by atomic mass is 16.3. The van der Waals surface area contributed by atoms with Crippen LogP contribution in [0, 0.1) is 12.8 Å². The van der Waals surface area contributed by atoms with Crippen LogP contribution in [0.2, 0.25) is 0 Å². The van der Waals surface area contributed by atoms with Gasteiger partial charge in [0.25, 0.3) is 5.91 Å². The second-order valence-corrected chi connectivity index (χ2v) is 9.23. The van der Waals surface area contributed by atoms with Gasteiger partial charge < -0.3 is 14.6 Å². The Balaban J connectivity index is 1.36. The van der Waals surface area contributed by atoms with Crippen molar-refractivity contribution >= 4 is 28.7 Å². The summed E-state index contributed by atoms with van der Waals surface area (Å²) in [6.07, 6.45) is 6.16. The Morgan fingerprint density at radius 1 is 1.17 bits per heavy atom. The fourth-order valence-electron chi connectivity index (χ4n) is 4.47. The van der Waals surface area contributed by atoms with Crippen LogP contribution in [0.15, 0.2) is 53.4 Å². The lowest BCUT2D eigenvalue weighted by Gasteiger charge is -2.31. The molecule has 35 heavy (non-hydrogen) atoms. The van der Waals surface area contributed by atoms with E-state index in [9.17, 15) is 9.59 Å². The van der Waals surface area contributed by atoms with E-state index in [-0.39, 0.29) is 23.8 Å². The number of aromatic nitrogens is 4. The lowest BCUT2D eigenvalue weighted by atomic mass is 9.95. The number of carbonyl (C=O) groups excluding carboxylic acids is 2. The lowest BCUT2D eigenvalue weighted by molar-refractivity contribution is -0.121. The van der Waals surface area contributed by atoms with E-state index in [0.29, 0.717) is 59.8 Å². The van der Waals surface area contributed by atoms with Gasteiger partial charge in [-0.1, -0.05) is 0 Å². The molecule has 1 saturated heterocycles. The number of nitrogens with zero attached hydrogens (tertiary/aromatic N) is 5. The maximum atomic E-state index is 13.6. The molecule has 9 nitrogen and oxygen atoms in total. The van der Waals surface area contributed by atoms with E-state index in [0.717, 1.165) is 5.56 Å². The second kappa shape index (κ2) is 9.32. The van der Waals surface area contributed by atoms with Crippen LogP contribution in [-0.4, -0.2) is 49.6 Å². The minimum Gasteiger partial charge on any atom is -0.463 e. The van der Waals surface area contributed by atoms with E-state index in [4.69, 9.17) is 9.40 Å². The maximum absolute atomic E-state index is 13.6. The number of rotatable bonds is 5. The fraction of sp³-hybridized carbons (Fsp3) is 0.346. The number of hydrogen-bond acceptors (Lipinski definition) is 6. The summed E-state index contributed by atoms with van der Waals surface area (Å²) in [7, 11) is 0. The number of likely N-dealkylation sites (tertiary alicyclic amines) is 1. The minimum absolute atomic E-state index is 0.0557. The molecule has 1 aliphatic heterocycles. The minimum atomic E-state index is -0.166. The van der Waals surface area contributed by atoms with Gasteiger partial charge in [0.2, 0.25) is 5.91 Å². The number of carbonyl (C=O) groups is 2. The third kappa shape index (κ3) is 4.53. The molecule has 0 unspecified atom stereocenters. The predicted octanol–water partition coefficient (Wildman–Crippen LogP) is 4.47. The number of pyridine rings is 2. The fourth-order valence-corrected chi connectivity index (χ4v) is 4.47. The van der Waals surface area contributed by atoms with Crippen LogP contribution < -0.4 is 5.32 Å². The van der Waals surface area contributed by atoms with Gasteiger partial charge >= 0.3 is 0 Å². The number of hydrogen-bond donors (Lipinski definition) is 1. The number of fused-ring (bicyclic) bond motifs is 1. The molecule has 9 heteroatoms. The van der Waals surface area contributed by atoms with Crippen molar-refractivity contribution in [3.63, 3.8) is 0 Å². The van der Waals surface area contributed by atoms with Gasteiger partial charge in [-0.05, 0) is 69.5 Å². The van der Waals surface area contributed by atoms with E-state index in [1.165, 1.54) is 0 Å². The van der Waals surface area contributed by atoms with Crippen LogP contribution in [0.1, 0.15) is 48.7 Å². The zero-order valence-corrected chi connectivity index (χ0v) is 20.1. The first-order chi connectivity index (χ1) is 16.9. The average Bonchev–Trinajstić information content (AvgIpc) is 3.53. The largest absolute Gasteiger partial charge is 0.463 e. The molecule has 0 spiro atoms. The van der Waals surface area contributed by atoms with Crippen molar-refractivity contribution < 1.29 is 14.0 Å². The van der Waals surface area contributed by atoms with Crippen LogP contribution in [-0.2, 0) is 4.79 Å². The average molecular weight is 473 g/mol. The van der Waals surface area contributed by atoms with Gasteiger partial charge in [0, 0.05) is 31.2 Å². The molecule has 5 heterocycles. The molecule has 0 bridgehead atoms. The first-order valence-electron chi connectivity index (χ1n) is 11.9. The summed E-state index contributed by atoms with van der Waals surface area (Å²) >= 11 is 0. The molecule has 5 rings (SSSR count). The van der Waals surface area contributed by atoms with Gasteiger partial charge in [0.05, 0.1) is 23.4 Å². The number of furan rings is 1. The summed E-state index contributed by atoms with van der Waals surface area (Å²) in [5, 5.41) is 8.10. The van der Waals surface area contributed by atoms with Crippen molar-refractivity contribution in [1.82, 2.24) is 24.6 Å². The number of amides is 2. The monoisotopic (exact) mass is 472 g/mol. The van der Waals surface area contributed by atoms with Gasteiger partial charge in [-0.3, -0.25) is 9.59 Å².